The Morgan fingerprint density at radius 2 is 2.00 bits per heavy atom. The molecule has 0 aromatic carbocycles. The summed E-state index contributed by atoms with van der Waals surface area (Å²) in [6, 6.07) is 1.54. The number of terminal acetylenes is 1. The lowest BCUT2D eigenvalue weighted by molar-refractivity contribution is -0.137. The number of nitrogens with one attached hydrogen (secondary N) is 1. The first-order valence-corrected chi connectivity index (χ1v) is 4.90. The molecular weight excluding hydrogens is 247 g/mol. The number of pyridine rings is 1. The molecule has 0 bridgehead atoms. The van der Waals surface area contributed by atoms with Gasteiger partial charge in [-0.3, -0.25) is 0 Å². The van der Waals surface area contributed by atoms with Crippen molar-refractivity contribution in [1.82, 2.24) is 4.98 Å². The van der Waals surface area contributed by atoms with Crippen LogP contribution < -0.4 is 16.0 Å². The molecule has 98 valence electrons. The standard InChI is InChI=1S/C11H12F3N3O/c1-4-10(2,3)18-9-6-7(11(12,13)14)5-8(16-9)17-15/h1,5-6H,15H2,2-3H3,(H,16,17). The molecule has 0 aliphatic rings. The first-order chi connectivity index (χ1) is 8.18. The van der Waals surface area contributed by atoms with Crippen LogP contribution in [0.4, 0.5) is 19.0 Å². The zero-order valence-electron chi connectivity index (χ0n) is 9.80. The first kappa shape index (κ1) is 14.1. The molecule has 0 atom stereocenters. The Balaban J connectivity index is 3.18. The fourth-order valence-corrected chi connectivity index (χ4v) is 1.09. The van der Waals surface area contributed by atoms with Gasteiger partial charge in [-0.05, 0) is 19.9 Å². The van der Waals surface area contributed by atoms with Crippen LogP contribution in [0, 0.1) is 12.3 Å². The van der Waals surface area contributed by atoms with Gasteiger partial charge < -0.3 is 10.2 Å². The van der Waals surface area contributed by atoms with E-state index in [4.69, 9.17) is 17.0 Å². The third-order valence-corrected chi connectivity index (χ3v) is 1.98. The van der Waals surface area contributed by atoms with Crippen LogP contribution in [-0.4, -0.2) is 10.6 Å². The van der Waals surface area contributed by atoms with E-state index in [1.165, 1.54) is 13.8 Å². The van der Waals surface area contributed by atoms with Crippen molar-refractivity contribution in [2.45, 2.75) is 25.6 Å². The van der Waals surface area contributed by atoms with Crippen LogP contribution in [0.5, 0.6) is 5.88 Å². The minimum absolute atomic E-state index is 0.160. The number of nitrogens with zero attached hydrogens (tertiary/aromatic N) is 1. The van der Waals surface area contributed by atoms with Crippen LogP contribution in [0.15, 0.2) is 12.1 Å². The molecule has 0 radical (unpaired) electrons. The molecule has 0 fully saturated rings. The van der Waals surface area contributed by atoms with Gasteiger partial charge >= 0.3 is 6.18 Å². The summed E-state index contributed by atoms with van der Waals surface area (Å²) in [4.78, 5) is 3.74. The van der Waals surface area contributed by atoms with E-state index in [1.807, 2.05) is 5.43 Å². The van der Waals surface area contributed by atoms with Crippen LogP contribution >= 0.6 is 0 Å². The van der Waals surface area contributed by atoms with E-state index in [1.54, 1.807) is 0 Å². The van der Waals surface area contributed by atoms with E-state index in [0.717, 1.165) is 12.1 Å². The van der Waals surface area contributed by atoms with Gasteiger partial charge in [0.25, 0.3) is 0 Å². The quantitative estimate of drug-likeness (QED) is 0.496. The molecule has 0 saturated heterocycles. The van der Waals surface area contributed by atoms with Gasteiger partial charge in [-0.2, -0.15) is 18.2 Å². The molecule has 0 spiro atoms. The van der Waals surface area contributed by atoms with Crippen molar-refractivity contribution in [3.8, 4) is 18.2 Å². The maximum atomic E-state index is 12.6. The lowest BCUT2D eigenvalue weighted by Crippen LogP contribution is -2.26. The number of alkyl halides is 3. The summed E-state index contributed by atoms with van der Waals surface area (Å²) in [6.07, 6.45) is 0.662. The van der Waals surface area contributed by atoms with E-state index in [0.29, 0.717) is 0 Å². The number of nitrogen functional groups attached to an aromatic ring is 1. The van der Waals surface area contributed by atoms with E-state index in [9.17, 15) is 13.2 Å². The van der Waals surface area contributed by atoms with E-state index >= 15 is 0 Å². The molecule has 1 aromatic heterocycles. The molecule has 1 aromatic rings. The third-order valence-electron chi connectivity index (χ3n) is 1.98. The Kier molecular flexibility index (Phi) is 3.72. The Labute approximate surface area is 102 Å². The van der Waals surface area contributed by atoms with Gasteiger partial charge in [-0.25, -0.2) is 5.84 Å². The smallest absolute Gasteiger partial charge is 0.416 e. The normalized spacial score (nSPS) is 11.8. The molecule has 7 heteroatoms. The maximum absolute atomic E-state index is 12.6. The summed E-state index contributed by atoms with van der Waals surface area (Å²) in [5.41, 5.74) is 0.0516. The molecule has 1 rings (SSSR count). The number of halogens is 3. The number of rotatable bonds is 3. The average molecular weight is 259 g/mol. The van der Waals surface area contributed by atoms with Gasteiger partial charge in [0.1, 0.15) is 5.82 Å². The van der Waals surface area contributed by atoms with Gasteiger partial charge in [0.15, 0.2) is 5.60 Å². The molecule has 0 aliphatic carbocycles. The van der Waals surface area contributed by atoms with Gasteiger partial charge in [0.2, 0.25) is 5.88 Å². The zero-order valence-corrected chi connectivity index (χ0v) is 9.80. The summed E-state index contributed by atoms with van der Waals surface area (Å²) in [5.74, 6) is 6.93. The zero-order chi connectivity index (χ0) is 14.0. The Morgan fingerprint density at radius 1 is 1.39 bits per heavy atom. The Hall–Kier alpha value is -1.94. The molecule has 0 aliphatic heterocycles. The average Bonchev–Trinajstić information content (AvgIpc) is 2.27. The van der Waals surface area contributed by atoms with E-state index in [-0.39, 0.29) is 11.7 Å². The van der Waals surface area contributed by atoms with Crippen LogP contribution in [0.2, 0.25) is 0 Å². The monoisotopic (exact) mass is 259 g/mol. The highest BCUT2D eigenvalue weighted by atomic mass is 19.4. The van der Waals surface area contributed by atoms with Crippen LogP contribution in [0.25, 0.3) is 0 Å². The summed E-state index contributed by atoms with van der Waals surface area (Å²) < 4.78 is 43.0. The number of nitrogens with two attached hydrogens (primary N) is 1. The van der Waals surface area contributed by atoms with Gasteiger partial charge in [-0.15, -0.1) is 6.42 Å². The van der Waals surface area contributed by atoms with Crippen molar-refractivity contribution in [2.75, 3.05) is 5.43 Å². The largest absolute Gasteiger partial charge is 0.458 e. The molecule has 18 heavy (non-hydrogen) atoms. The molecule has 0 amide bonds. The number of hydrogen-bond acceptors (Lipinski definition) is 4. The Bertz CT molecular complexity index is 477. The second kappa shape index (κ2) is 4.74. The van der Waals surface area contributed by atoms with Crippen molar-refractivity contribution < 1.29 is 17.9 Å². The van der Waals surface area contributed by atoms with Crippen molar-refractivity contribution in [3.05, 3.63) is 17.7 Å². The molecule has 4 nitrogen and oxygen atoms in total. The number of ether oxygens (including phenoxy) is 1. The minimum atomic E-state index is -4.52. The van der Waals surface area contributed by atoms with Gasteiger partial charge in [-0.1, -0.05) is 5.92 Å². The second-order valence-electron chi connectivity index (χ2n) is 3.98. The molecule has 1 heterocycles. The molecular formula is C11H12F3N3O. The fraction of sp³-hybridized carbons (Fsp3) is 0.364. The lowest BCUT2D eigenvalue weighted by Gasteiger charge is -2.20. The maximum Gasteiger partial charge on any atom is 0.416 e. The van der Waals surface area contributed by atoms with Crippen molar-refractivity contribution >= 4 is 5.82 Å². The van der Waals surface area contributed by atoms with Crippen molar-refractivity contribution in [1.29, 1.82) is 0 Å². The van der Waals surface area contributed by atoms with Gasteiger partial charge in [0, 0.05) is 6.07 Å². The molecule has 0 saturated carbocycles. The van der Waals surface area contributed by atoms with Gasteiger partial charge in [0.05, 0.1) is 5.56 Å². The van der Waals surface area contributed by atoms with E-state index in [2.05, 4.69) is 10.9 Å². The van der Waals surface area contributed by atoms with Crippen LogP contribution in [0.3, 0.4) is 0 Å². The summed E-state index contributed by atoms with van der Waals surface area (Å²) in [6.45, 7) is 3.06. The number of hydrogen-bond donors (Lipinski definition) is 2. The highest BCUT2D eigenvalue weighted by Crippen LogP contribution is 2.33. The van der Waals surface area contributed by atoms with Crippen LogP contribution in [0.1, 0.15) is 19.4 Å². The Morgan fingerprint density at radius 3 is 2.44 bits per heavy atom. The SMILES string of the molecule is C#CC(C)(C)Oc1cc(C(F)(F)F)cc(NN)n1. The predicted octanol–water partition coefficient (Wildman–Crippen LogP) is 2.18. The first-order valence-electron chi connectivity index (χ1n) is 4.90. The van der Waals surface area contributed by atoms with E-state index < -0.39 is 17.3 Å². The lowest BCUT2D eigenvalue weighted by atomic mass is 10.1. The third kappa shape index (κ3) is 3.53. The highest BCUT2D eigenvalue weighted by Gasteiger charge is 2.32. The summed E-state index contributed by atoms with van der Waals surface area (Å²) >= 11 is 0. The topological polar surface area (TPSA) is 60.2 Å². The second-order valence-corrected chi connectivity index (χ2v) is 3.98. The highest BCUT2D eigenvalue weighted by molar-refractivity contribution is 5.41. The molecule has 3 N–H and O–H groups in total. The van der Waals surface area contributed by atoms with Crippen molar-refractivity contribution in [2.24, 2.45) is 5.84 Å². The minimum Gasteiger partial charge on any atom is -0.458 e. The summed E-state index contributed by atoms with van der Waals surface area (Å²) in [7, 11) is 0. The number of anilines is 1. The fourth-order valence-electron chi connectivity index (χ4n) is 1.09. The predicted molar refractivity (Wildman–Crippen MR) is 60.6 cm³/mol. The van der Waals surface area contributed by atoms with Crippen LogP contribution in [-0.2, 0) is 6.18 Å². The number of hydrazine groups is 1. The number of aromatic nitrogens is 1. The summed E-state index contributed by atoms with van der Waals surface area (Å²) in [5, 5.41) is 0. The van der Waals surface area contributed by atoms with Crippen molar-refractivity contribution in [3.63, 3.8) is 0 Å². The molecule has 0 unspecified atom stereocenters.